The Morgan fingerprint density at radius 3 is 2.68 bits per heavy atom. The smallest absolute Gasteiger partial charge is 0.311 e. The second-order valence-corrected chi connectivity index (χ2v) is 7.72. The van der Waals surface area contributed by atoms with Gasteiger partial charge >= 0.3 is 5.97 Å². The minimum atomic E-state index is -0.903. The maximum absolute atomic E-state index is 13.7. The van der Waals surface area contributed by atoms with Crippen molar-refractivity contribution in [2.75, 3.05) is 12.3 Å². The van der Waals surface area contributed by atoms with Gasteiger partial charge in [0, 0.05) is 12.3 Å². The highest BCUT2D eigenvalue weighted by molar-refractivity contribution is 8.00. The molecule has 25 heavy (non-hydrogen) atoms. The summed E-state index contributed by atoms with van der Waals surface area (Å²) >= 11 is 1.31. The monoisotopic (exact) mass is 366 g/mol. The van der Waals surface area contributed by atoms with E-state index in [-0.39, 0.29) is 30.6 Å². The van der Waals surface area contributed by atoms with Gasteiger partial charge in [-0.25, -0.2) is 4.39 Å². The fourth-order valence-electron chi connectivity index (χ4n) is 2.75. The highest BCUT2D eigenvalue weighted by Gasteiger charge is 2.50. The molecule has 1 aliphatic carbocycles. The number of carbonyl (C=O) groups excluding carboxylic acids is 2. The fourth-order valence-corrected chi connectivity index (χ4v) is 3.92. The minimum Gasteiger partial charge on any atom is -0.481 e. The summed E-state index contributed by atoms with van der Waals surface area (Å²) in [6, 6.07) is 5.61. The van der Waals surface area contributed by atoms with Crippen molar-refractivity contribution in [1.29, 1.82) is 0 Å². The zero-order valence-electron chi connectivity index (χ0n) is 13.5. The average Bonchev–Trinajstić information content (AvgIpc) is 3.38. The summed E-state index contributed by atoms with van der Waals surface area (Å²) in [5.74, 6) is -1.56. The lowest BCUT2D eigenvalue weighted by atomic mass is 10.1. The number of halogens is 1. The number of hydrogen-bond acceptors (Lipinski definition) is 4. The van der Waals surface area contributed by atoms with Crippen LogP contribution in [0.4, 0.5) is 4.39 Å². The topological polar surface area (TPSA) is 95.5 Å². The van der Waals surface area contributed by atoms with Crippen molar-refractivity contribution in [3.05, 3.63) is 35.6 Å². The van der Waals surface area contributed by atoms with Crippen molar-refractivity contribution < 1.29 is 23.9 Å². The molecule has 2 atom stereocenters. The van der Waals surface area contributed by atoms with Gasteiger partial charge < -0.3 is 15.7 Å². The Kier molecular flexibility index (Phi) is 4.99. The van der Waals surface area contributed by atoms with Crippen LogP contribution >= 0.6 is 11.8 Å². The predicted molar refractivity (Wildman–Crippen MR) is 90.6 cm³/mol. The zero-order chi connectivity index (χ0) is 18.0. The minimum absolute atomic E-state index is 0.0802. The van der Waals surface area contributed by atoms with Crippen molar-refractivity contribution in [2.45, 2.75) is 30.6 Å². The van der Waals surface area contributed by atoms with Crippen molar-refractivity contribution in [3.63, 3.8) is 0 Å². The summed E-state index contributed by atoms with van der Waals surface area (Å²) < 4.78 is 13.7. The molecule has 1 saturated heterocycles. The zero-order valence-corrected chi connectivity index (χ0v) is 14.3. The van der Waals surface area contributed by atoms with Crippen LogP contribution in [0.25, 0.3) is 0 Å². The van der Waals surface area contributed by atoms with E-state index < -0.39 is 22.7 Å². The van der Waals surface area contributed by atoms with Crippen LogP contribution in [0, 0.1) is 11.2 Å². The van der Waals surface area contributed by atoms with Crippen molar-refractivity contribution in [1.82, 2.24) is 10.6 Å². The summed E-state index contributed by atoms with van der Waals surface area (Å²) in [7, 11) is 0. The SMILES string of the molecule is O=C(NCC1(C(=O)O)CC1)C1CSC(Cc2ccccc2F)C(=O)N1. The molecular weight excluding hydrogens is 347 g/mol. The van der Waals surface area contributed by atoms with Crippen LogP contribution in [-0.2, 0) is 20.8 Å². The van der Waals surface area contributed by atoms with Gasteiger partial charge in [0.15, 0.2) is 0 Å². The van der Waals surface area contributed by atoms with Gasteiger partial charge in [-0.05, 0) is 30.9 Å². The number of thioether (sulfide) groups is 1. The molecule has 1 heterocycles. The first-order chi connectivity index (χ1) is 11.9. The first kappa shape index (κ1) is 17.7. The molecule has 0 bridgehead atoms. The van der Waals surface area contributed by atoms with Gasteiger partial charge in [0.05, 0.1) is 10.7 Å². The van der Waals surface area contributed by atoms with E-state index in [0.717, 1.165) is 0 Å². The number of aliphatic carboxylic acids is 1. The van der Waals surface area contributed by atoms with E-state index in [9.17, 15) is 18.8 Å². The molecule has 1 aromatic carbocycles. The lowest BCUT2D eigenvalue weighted by molar-refractivity contribution is -0.143. The van der Waals surface area contributed by atoms with E-state index >= 15 is 0 Å². The Bertz CT molecular complexity index is 708. The summed E-state index contributed by atoms with van der Waals surface area (Å²) in [5.41, 5.74) is -0.371. The predicted octanol–water partition coefficient (Wildman–Crippen LogP) is 0.949. The number of carbonyl (C=O) groups is 3. The molecule has 2 aliphatic rings. The van der Waals surface area contributed by atoms with Crippen LogP contribution in [0.2, 0.25) is 0 Å². The molecule has 0 aromatic heterocycles. The van der Waals surface area contributed by atoms with Gasteiger partial charge in [-0.2, -0.15) is 0 Å². The molecule has 134 valence electrons. The number of carboxylic acid groups (broad SMARTS) is 1. The molecule has 1 saturated carbocycles. The standard InChI is InChI=1S/C17H19FN2O4S/c18-11-4-2-1-3-10(11)7-13-15(22)20-12(8-25-13)14(21)19-9-17(5-6-17)16(23)24/h1-4,12-13H,5-9H2,(H,19,21)(H,20,22)(H,23,24). The van der Waals surface area contributed by atoms with E-state index in [1.165, 1.54) is 17.8 Å². The first-order valence-corrected chi connectivity index (χ1v) is 9.13. The van der Waals surface area contributed by atoms with Gasteiger partial charge in [0.2, 0.25) is 11.8 Å². The lowest BCUT2D eigenvalue weighted by Crippen LogP contribution is -2.55. The van der Waals surface area contributed by atoms with E-state index in [0.29, 0.717) is 24.2 Å². The quantitative estimate of drug-likeness (QED) is 0.697. The van der Waals surface area contributed by atoms with Crippen molar-refractivity contribution in [2.24, 2.45) is 5.41 Å². The molecule has 2 amide bonds. The molecule has 3 rings (SSSR count). The van der Waals surface area contributed by atoms with Gasteiger partial charge in [0.25, 0.3) is 0 Å². The normalized spacial score (nSPS) is 24.3. The van der Waals surface area contributed by atoms with Crippen molar-refractivity contribution >= 4 is 29.5 Å². The van der Waals surface area contributed by atoms with Crippen LogP contribution in [0.15, 0.2) is 24.3 Å². The summed E-state index contributed by atoms with van der Waals surface area (Å²) in [6.07, 6.45) is 1.37. The molecule has 2 fully saturated rings. The number of amides is 2. The third-order valence-electron chi connectivity index (χ3n) is 4.66. The fraction of sp³-hybridized carbons (Fsp3) is 0.471. The molecule has 0 spiro atoms. The third kappa shape index (κ3) is 3.95. The number of carboxylic acids is 1. The second-order valence-electron chi connectivity index (χ2n) is 6.48. The average molecular weight is 366 g/mol. The van der Waals surface area contributed by atoms with Crippen LogP contribution in [-0.4, -0.2) is 46.5 Å². The summed E-state index contributed by atoms with van der Waals surface area (Å²) in [5, 5.41) is 13.9. The Morgan fingerprint density at radius 2 is 2.08 bits per heavy atom. The molecule has 8 heteroatoms. The highest BCUT2D eigenvalue weighted by atomic mass is 32.2. The maximum atomic E-state index is 13.7. The molecular formula is C17H19FN2O4S. The molecule has 1 aromatic rings. The molecule has 3 N–H and O–H groups in total. The third-order valence-corrected chi connectivity index (χ3v) is 5.97. The van der Waals surface area contributed by atoms with Crippen LogP contribution < -0.4 is 10.6 Å². The molecule has 6 nitrogen and oxygen atoms in total. The number of rotatable bonds is 6. The maximum Gasteiger partial charge on any atom is 0.311 e. The van der Waals surface area contributed by atoms with Gasteiger partial charge in [0.1, 0.15) is 11.9 Å². The molecule has 2 unspecified atom stereocenters. The molecule has 1 aliphatic heterocycles. The van der Waals surface area contributed by atoms with Gasteiger partial charge in [-0.3, -0.25) is 14.4 Å². The molecule has 0 radical (unpaired) electrons. The van der Waals surface area contributed by atoms with Crippen LogP contribution in [0.5, 0.6) is 0 Å². The Labute approximate surface area is 148 Å². The number of benzene rings is 1. The van der Waals surface area contributed by atoms with Crippen molar-refractivity contribution in [3.8, 4) is 0 Å². The Hall–Kier alpha value is -2.09. The van der Waals surface area contributed by atoms with E-state index in [2.05, 4.69) is 10.6 Å². The van der Waals surface area contributed by atoms with E-state index in [4.69, 9.17) is 5.11 Å². The summed E-state index contributed by atoms with van der Waals surface area (Å²) in [6.45, 7) is 0.0802. The lowest BCUT2D eigenvalue weighted by Gasteiger charge is -2.28. The number of nitrogens with one attached hydrogen (secondary N) is 2. The van der Waals surface area contributed by atoms with Gasteiger partial charge in [-0.15, -0.1) is 11.8 Å². The largest absolute Gasteiger partial charge is 0.481 e. The Morgan fingerprint density at radius 1 is 1.36 bits per heavy atom. The van der Waals surface area contributed by atoms with Crippen LogP contribution in [0.3, 0.4) is 0 Å². The number of hydrogen-bond donors (Lipinski definition) is 3. The first-order valence-electron chi connectivity index (χ1n) is 8.08. The van der Waals surface area contributed by atoms with Crippen LogP contribution in [0.1, 0.15) is 18.4 Å². The van der Waals surface area contributed by atoms with E-state index in [1.807, 2.05) is 0 Å². The Balaban J connectivity index is 1.51. The second kappa shape index (κ2) is 7.03. The highest BCUT2D eigenvalue weighted by Crippen LogP contribution is 2.45. The van der Waals surface area contributed by atoms with Gasteiger partial charge in [-0.1, -0.05) is 18.2 Å². The summed E-state index contributed by atoms with van der Waals surface area (Å²) in [4.78, 5) is 35.5. The van der Waals surface area contributed by atoms with E-state index in [1.54, 1.807) is 18.2 Å².